The van der Waals surface area contributed by atoms with E-state index in [0.717, 1.165) is 54.6 Å². The molecule has 4 nitrogen and oxygen atoms in total. The molecule has 1 saturated heterocycles. The summed E-state index contributed by atoms with van der Waals surface area (Å²) < 4.78 is 0. The summed E-state index contributed by atoms with van der Waals surface area (Å²) in [5.74, 6) is -0.0124. The molecule has 1 unspecified atom stereocenters. The molecule has 2 aliphatic rings. The molecule has 2 aromatic carbocycles. The van der Waals surface area contributed by atoms with Crippen molar-refractivity contribution in [3.05, 3.63) is 81.2 Å². The van der Waals surface area contributed by atoms with Crippen molar-refractivity contribution >= 4 is 39.5 Å². The van der Waals surface area contributed by atoms with E-state index < -0.39 is 0 Å². The highest BCUT2D eigenvalue weighted by Gasteiger charge is 2.34. The van der Waals surface area contributed by atoms with Crippen LogP contribution in [0.1, 0.15) is 47.4 Å². The third kappa shape index (κ3) is 4.68. The lowest BCUT2D eigenvalue weighted by atomic mass is 9.88. The number of aryl methyl sites for hydroxylation is 1. The van der Waals surface area contributed by atoms with Gasteiger partial charge in [-0.2, -0.15) is 0 Å². The van der Waals surface area contributed by atoms with Crippen molar-refractivity contribution in [2.45, 2.75) is 38.6 Å². The van der Waals surface area contributed by atoms with Crippen LogP contribution in [0.15, 0.2) is 54.6 Å². The van der Waals surface area contributed by atoms with Gasteiger partial charge in [-0.25, -0.2) is 0 Å². The second-order valence-corrected chi connectivity index (χ2v) is 10.4. The first-order chi connectivity index (χ1) is 16.1. The minimum absolute atomic E-state index is 0.0124. The fourth-order valence-corrected chi connectivity index (χ4v) is 6.85. The molecule has 1 aliphatic heterocycles. The monoisotopic (exact) mass is 479 g/mol. The van der Waals surface area contributed by atoms with Crippen molar-refractivity contribution in [3.63, 3.8) is 0 Å². The Kier molecular flexibility index (Phi) is 6.72. The Morgan fingerprint density at radius 2 is 1.67 bits per heavy atom. The van der Waals surface area contributed by atoms with Gasteiger partial charge in [-0.15, -0.1) is 11.3 Å². The third-order valence-corrected chi connectivity index (χ3v) is 8.34. The Hall–Kier alpha value is -2.34. The zero-order chi connectivity index (χ0) is 22.8. The van der Waals surface area contributed by atoms with Crippen LogP contribution in [0.3, 0.4) is 0 Å². The van der Waals surface area contributed by atoms with Gasteiger partial charge in [0.15, 0.2) is 0 Å². The van der Waals surface area contributed by atoms with Gasteiger partial charge >= 0.3 is 0 Å². The molecule has 5 rings (SSSR count). The number of halogens is 1. The number of anilines is 2. The van der Waals surface area contributed by atoms with Crippen LogP contribution in [-0.2, 0) is 17.6 Å². The van der Waals surface area contributed by atoms with Crippen LogP contribution in [0.2, 0.25) is 5.02 Å². The number of para-hydroxylation sites is 1. The number of carbonyl (C=O) groups excluding carboxylic acids is 1. The number of nitrogens with one attached hydrogen (secondary N) is 1. The summed E-state index contributed by atoms with van der Waals surface area (Å²) in [4.78, 5) is 18.6. The fourth-order valence-electron chi connectivity index (χ4n) is 5.24. The fraction of sp³-hybridized carbons (Fsp3) is 0.370. The Labute approximate surface area is 205 Å². The SMILES string of the molecule is CC(=O)Nc1sc2c(c1C(c1ccccc1Cl)N1CCN(c3ccccc3)CC1)CCCC2. The molecular formula is C27H30ClN3OS. The number of fused-ring (bicyclic) bond motifs is 1. The highest BCUT2D eigenvalue weighted by atomic mass is 35.5. The van der Waals surface area contributed by atoms with Crippen LogP contribution in [0.4, 0.5) is 10.7 Å². The summed E-state index contributed by atoms with van der Waals surface area (Å²) in [6.45, 7) is 5.41. The molecule has 1 aliphatic carbocycles. The van der Waals surface area contributed by atoms with Crippen molar-refractivity contribution in [2.24, 2.45) is 0 Å². The van der Waals surface area contributed by atoms with Crippen LogP contribution in [0.5, 0.6) is 0 Å². The van der Waals surface area contributed by atoms with Gasteiger partial charge in [0.25, 0.3) is 0 Å². The van der Waals surface area contributed by atoms with Crippen molar-refractivity contribution < 1.29 is 4.79 Å². The maximum absolute atomic E-state index is 12.1. The molecule has 0 spiro atoms. The zero-order valence-electron chi connectivity index (χ0n) is 19.0. The standard InChI is InChI=1S/C27H30ClN3OS/c1-19(32)29-27-25(22-12-6-8-14-24(22)33-27)26(21-11-5-7-13-23(21)28)31-17-15-30(16-18-31)20-9-3-2-4-10-20/h2-5,7,9-11,13,26H,6,8,12,14-18H2,1H3,(H,29,32). The quantitative estimate of drug-likeness (QED) is 0.476. The molecule has 0 saturated carbocycles. The van der Waals surface area contributed by atoms with Crippen LogP contribution >= 0.6 is 22.9 Å². The van der Waals surface area contributed by atoms with Crippen LogP contribution in [0.25, 0.3) is 0 Å². The molecule has 33 heavy (non-hydrogen) atoms. The van der Waals surface area contributed by atoms with Gasteiger partial charge < -0.3 is 10.2 Å². The zero-order valence-corrected chi connectivity index (χ0v) is 20.6. The molecule has 1 aromatic heterocycles. The number of nitrogens with zero attached hydrogens (tertiary/aromatic N) is 2. The van der Waals surface area contributed by atoms with Gasteiger partial charge in [-0.1, -0.05) is 48.0 Å². The maximum atomic E-state index is 12.1. The Morgan fingerprint density at radius 3 is 2.39 bits per heavy atom. The lowest BCUT2D eigenvalue weighted by Crippen LogP contribution is -2.48. The van der Waals surface area contributed by atoms with Gasteiger partial charge in [0.1, 0.15) is 5.00 Å². The molecule has 1 atom stereocenters. The van der Waals surface area contributed by atoms with Crippen LogP contribution < -0.4 is 10.2 Å². The van der Waals surface area contributed by atoms with E-state index in [1.165, 1.54) is 34.5 Å². The van der Waals surface area contributed by atoms with E-state index in [1.807, 2.05) is 12.1 Å². The third-order valence-electron chi connectivity index (χ3n) is 6.78. The smallest absolute Gasteiger partial charge is 0.221 e. The number of thiophene rings is 1. The molecule has 0 radical (unpaired) electrons. The van der Waals surface area contributed by atoms with Crippen LogP contribution in [-0.4, -0.2) is 37.0 Å². The summed E-state index contributed by atoms with van der Waals surface area (Å²) in [5.41, 5.74) is 5.11. The first kappa shape index (κ1) is 22.5. The number of piperazine rings is 1. The van der Waals surface area contributed by atoms with E-state index in [-0.39, 0.29) is 11.9 Å². The Morgan fingerprint density at radius 1 is 0.970 bits per heavy atom. The second-order valence-electron chi connectivity index (χ2n) is 8.92. The van der Waals surface area contributed by atoms with E-state index in [4.69, 9.17) is 11.6 Å². The molecule has 172 valence electrons. The van der Waals surface area contributed by atoms with E-state index in [2.05, 4.69) is 57.6 Å². The van der Waals surface area contributed by atoms with Crippen molar-refractivity contribution in [2.75, 3.05) is 36.4 Å². The summed E-state index contributed by atoms with van der Waals surface area (Å²) in [7, 11) is 0. The molecule has 1 N–H and O–H groups in total. The lowest BCUT2D eigenvalue weighted by molar-refractivity contribution is -0.114. The molecule has 3 aromatic rings. The van der Waals surface area contributed by atoms with Crippen molar-refractivity contribution in [1.29, 1.82) is 0 Å². The molecule has 1 fully saturated rings. The van der Waals surface area contributed by atoms with E-state index in [1.54, 1.807) is 18.3 Å². The summed E-state index contributed by atoms with van der Waals surface area (Å²) in [6, 6.07) is 18.9. The highest BCUT2D eigenvalue weighted by molar-refractivity contribution is 7.16. The minimum atomic E-state index is -0.0124. The first-order valence-electron chi connectivity index (χ1n) is 11.8. The predicted molar refractivity (Wildman–Crippen MR) is 139 cm³/mol. The molecule has 6 heteroatoms. The average Bonchev–Trinajstić information content (AvgIpc) is 3.18. The normalized spacial score (nSPS) is 17.5. The summed E-state index contributed by atoms with van der Waals surface area (Å²) >= 11 is 8.57. The number of hydrogen-bond donors (Lipinski definition) is 1. The summed E-state index contributed by atoms with van der Waals surface area (Å²) in [5, 5.41) is 4.97. The number of carbonyl (C=O) groups is 1. The largest absolute Gasteiger partial charge is 0.369 e. The Balaban J connectivity index is 1.54. The molecule has 1 amide bonds. The van der Waals surface area contributed by atoms with E-state index in [9.17, 15) is 4.79 Å². The van der Waals surface area contributed by atoms with Gasteiger partial charge in [0.2, 0.25) is 5.91 Å². The Bertz CT molecular complexity index is 1120. The van der Waals surface area contributed by atoms with Crippen molar-refractivity contribution in [3.8, 4) is 0 Å². The highest BCUT2D eigenvalue weighted by Crippen LogP contribution is 2.46. The molecule has 2 heterocycles. The van der Waals surface area contributed by atoms with Crippen LogP contribution in [0, 0.1) is 0 Å². The van der Waals surface area contributed by atoms with E-state index in [0.29, 0.717) is 0 Å². The number of hydrogen-bond acceptors (Lipinski definition) is 4. The number of rotatable bonds is 5. The lowest BCUT2D eigenvalue weighted by Gasteiger charge is -2.41. The predicted octanol–water partition coefficient (Wildman–Crippen LogP) is 6.15. The minimum Gasteiger partial charge on any atom is -0.369 e. The second kappa shape index (κ2) is 9.88. The molecule has 0 bridgehead atoms. The van der Waals surface area contributed by atoms with E-state index >= 15 is 0 Å². The first-order valence-corrected chi connectivity index (χ1v) is 13.0. The molecular weight excluding hydrogens is 450 g/mol. The maximum Gasteiger partial charge on any atom is 0.221 e. The topological polar surface area (TPSA) is 35.6 Å². The summed E-state index contributed by atoms with van der Waals surface area (Å²) in [6.07, 6.45) is 4.60. The van der Waals surface area contributed by atoms with Crippen molar-refractivity contribution in [1.82, 2.24) is 4.90 Å². The average molecular weight is 480 g/mol. The van der Waals surface area contributed by atoms with Gasteiger partial charge in [-0.05, 0) is 55.0 Å². The van der Waals surface area contributed by atoms with Gasteiger partial charge in [0, 0.05) is 54.3 Å². The number of benzene rings is 2. The number of amides is 1. The van der Waals surface area contributed by atoms with Gasteiger partial charge in [-0.3, -0.25) is 9.69 Å². The van der Waals surface area contributed by atoms with Gasteiger partial charge in [0.05, 0.1) is 6.04 Å².